The zero-order valence-corrected chi connectivity index (χ0v) is 18.1. The van der Waals surface area contributed by atoms with E-state index < -0.39 is 10.0 Å². The van der Waals surface area contributed by atoms with Crippen molar-refractivity contribution >= 4 is 38.6 Å². The predicted molar refractivity (Wildman–Crippen MR) is 114 cm³/mol. The highest BCUT2D eigenvalue weighted by molar-refractivity contribution is 8.00. The van der Waals surface area contributed by atoms with E-state index in [0.717, 1.165) is 11.9 Å². The Kier molecular flexibility index (Phi) is 6.30. The average Bonchev–Trinajstić information content (AvgIpc) is 3.03. The summed E-state index contributed by atoms with van der Waals surface area (Å²) in [6, 6.07) is 11.6. The quantitative estimate of drug-likeness (QED) is 0.431. The molecule has 0 amide bonds. The maximum atomic E-state index is 12.8. The van der Waals surface area contributed by atoms with Gasteiger partial charge in [-0.1, -0.05) is 18.7 Å². The first-order valence-electron chi connectivity index (χ1n) is 9.12. The van der Waals surface area contributed by atoms with Crippen LogP contribution in [0.1, 0.15) is 30.6 Å². The first-order valence-corrected chi connectivity index (χ1v) is 11.5. The number of sulfonamides is 1. The fourth-order valence-corrected chi connectivity index (χ4v) is 4.56. The van der Waals surface area contributed by atoms with E-state index in [9.17, 15) is 13.2 Å². The lowest BCUT2D eigenvalue weighted by molar-refractivity contribution is 0.0994. The Balaban J connectivity index is 1.92. The minimum atomic E-state index is -3.81. The molecule has 0 spiro atoms. The standard InChI is InChI=1S/C20H23N3O4S2/c1-4-11-23-18-10-9-16(29(21,25)26)12-17(18)22-20(23)28-13(2)19(24)14-5-7-15(27-3)8-6-14/h5-10,12-13H,4,11H2,1-3H3,(H2,21,25,26). The minimum Gasteiger partial charge on any atom is -0.497 e. The molecule has 3 aromatic rings. The van der Waals surface area contributed by atoms with Crippen molar-refractivity contribution in [3.63, 3.8) is 0 Å². The summed E-state index contributed by atoms with van der Waals surface area (Å²) in [6.45, 7) is 4.59. The molecule has 0 radical (unpaired) electrons. The van der Waals surface area contributed by atoms with Crippen LogP contribution in [0, 0.1) is 0 Å². The Morgan fingerprint density at radius 3 is 2.52 bits per heavy atom. The van der Waals surface area contributed by atoms with Gasteiger partial charge in [0.05, 0.1) is 28.3 Å². The molecule has 7 nitrogen and oxygen atoms in total. The summed E-state index contributed by atoms with van der Waals surface area (Å²) in [5.74, 6) is 0.676. The Morgan fingerprint density at radius 2 is 1.93 bits per heavy atom. The summed E-state index contributed by atoms with van der Waals surface area (Å²) in [6.07, 6.45) is 0.872. The van der Waals surface area contributed by atoms with Gasteiger partial charge in [-0.2, -0.15) is 0 Å². The lowest BCUT2D eigenvalue weighted by Gasteiger charge is -2.12. The van der Waals surface area contributed by atoms with Crippen LogP contribution in [0.2, 0.25) is 0 Å². The Morgan fingerprint density at radius 1 is 1.24 bits per heavy atom. The molecule has 0 fully saturated rings. The average molecular weight is 434 g/mol. The minimum absolute atomic E-state index is 0.0158. The van der Waals surface area contributed by atoms with Crippen LogP contribution in [0.15, 0.2) is 52.5 Å². The summed E-state index contributed by atoms with van der Waals surface area (Å²) >= 11 is 1.35. The molecule has 0 bridgehead atoms. The molecule has 0 aliphatic rings. The number of benzene rings is 2. The van der Waals surface area contributed by atoms with Crippen molar-refractivity contribution in [2.45, 2.75) is 42.1 Å². The zero-order valence-electron chi connectivity index (χ0n) is 16.5. The maximum absolute atomic E-state index is 12.8. The Labute approximate surface area is 174 Å². The number of methoxy groups -OCH3 is 1. The van der Waals surface area contributed by atoms with Gasteiger partial charge < -0.3 is 9.30 Å². The van der Waals surface area contributed by atoms with E-state index in [4.69, 9.17) is 9.88 Å². The molecule has 2 N–H and O–H groups in total. The number of nitrogens with zero attached hydrogens (tertiary/aromatic N) is 2. The molecule has 1 unspecified atom stereocenters. The molecule has 154 valence electrons. The molecule has 2 aromatic carbocycles. The van der Waals surface area contributed by atoms with Crippen LogP contribution in [0.25, 0.3) is 11.0 Å². The molecule has 0 saturated carbocycles. The molecular weight excluding hydrogens is 410 g/mol. The van der Waals surface area contributed by atoms with Crippen LogP contribution >= 0.6 is 11.8 Å². The van der Waals surface area contributed by atoms with Gasteiger partial charge >= 0.3 is 0 Å². The number of hydrogen-bond donors (Lipinski definition) is 1. The number of ketones is 1. The highest BCUT2D eigenvalue weighted by atomic mass is 32.2. The Bertz CT molecular complexity index is 1140. The van der Waals surface area contributed by atoms with Gasteiger partial charge in [0.2, 0.25) is 10.0 Å². The lowest BCUT2D eigenvalue weighted by Crippen LogP contribution is -2.14. The van der Waals surface area contributed by atoms with Gasteiger partial charge in [0.1, 0.15) is 5.75 Å². The molecule has 1 aromatic heterocycles. The molecule has 9 heteroatoms. The number of nitrogens with two attached hydrogens (primary N) is 1. The number of thioether (sulfide) groups is 1. The van der Waals surface area contributed by atoms with Crippen LogP contribution in [0.4, 0.5) is 0 Å². The van der Waals surface area contributed by atoms with E-state index in [1.54, 1.807) is 37.4 Å². The number of aromatic nitrogens is 2. The Hall–Kier alpha value is -2.36. The largest absolute Gasteiger partial charge is 0.497 e. The van der Waals surface area contributed by atoms with Crippen molar-refractivity contribution in [3.8, 4) is 5.75 Å². The number of carbonyl (C=O) groups excluding carboxylic acids is 1. The highest BCUT2D eigenvalue weighted by Crippen LogP contribution is 2.30. The van der Waals surface area contributed by atoms with Crippen LogP contribution in [0.5, 0.6) is 5.75 Å². The SMILES string of the molecule is CCCn1c(SC(C)C(=O)c2ccc(OC)cc2)nc2cc(S(N)(=O)=O)ccc21. The molecular formula is C20H23N3O4S2. The van der Waals surface area contributed by atoms with Gasteiger partial charge in [-0.25, -0.2) is 18.5 Å². The van der Waals surface area contributed by atoms with E-state index in [2.05, 4.69) is 4.98 Å². The summed E-state index contributed by atoms with van der Waals surface area (Å²) in [5.41, 5.74) is 1.95. The van der Waals surface area contributed by atoms with E-state index >= 15 is 0 Å². The first kappa shape index (κ1) is 21.4. The smallest absolute Gasteiger partial charge is 0.238 e. The number of ether oxygens (including phenoxy) is 1. The number of Topliss-reactive ketones (excluding diaryl/α,β-unsaturated/α-hetero) is 1. The van der Waals surface area contributed by atoms with Crippen molar-refractivity contribution in [2.24, 2.45) is 5.14 Å². The molecule has 0 aliphatic carbocycles. The summed E-state index contributed by atoms with van der Waals surface area (Å²) < 4.78 is 30.4. The van der Waals surface area contributed by atoms with E-state index in [0.29, 0.717) is 28.5 Å². The third-order valence-corrected chi connectivity index (χ3v) is 6.49. The van der Waals surface area contributed by atoms with E-state index in [-0.39, 0.29) is 15.9 Å². The van der Waals surface area contributed by atoms with Crippen molar-refractivity contribution in [2.75, 3.05) is 7.11 Å². The van der Waals surface area contributed by atoms with Crippen molar-refractivity contribution in [1.82, 2.24) is 9.55 Å². The van der Waals surface area contributed by atoms with Gasteiger partial charge in [0.25, 0.3) is 0 Å². The van der Waals surface area contributed by atoms with Crippen molar-refractivity contribution in [1.29, 1.82) is 0 Å². The number of fused-ring (bicyclic) bond motifs is 1. The van der Waals surface area contributed by atoms with Crippen molar-refractivity contribution in [3.05, 3.63) is 48.0 Å². The van der Waals surface area contributed by atoms with Crippen LogP contribution in [-0.2, 0) is 16.6 Å². The van der Waals surface area contributed by atoms with Gasteiger partial charge in [-0.15, -0.1) is 0 Å². The maximum Gasteiger partial charge on any atom is 0.238 e. The zero-order chi connectivity index (χ0) is 21.2. The third kappa shape index (κ3) is 4.63. The third-order valence-electron chi connectivity index (χ3n) is 4.49. The van der Waals surface area contributed by atoms with Gasteiger partial charge in [0, 0.05) is 12.1 Å². The normalized spacial score (nSPS) is 12.8. The summed E-state index contributed by atoms with van der Waals surface area (Å²) in [5, 5.41) is 5.54. The topological polar surface area (TPSA) is 104 Å². The second kappa shape index (κ2) is 8.56. The van der Waals surface area contributed by atoms with Crippen LogP contribution in [0.3, 0.4) is 0 Å². The fraction of sp³-hybridized carbons (Fsp3) is 0.300. The van der Waals surface area contributed by atoms with Crippen molar-refractivity contribution < 1.29 is 17.9 Å². The van der Waals surface area contributed by atoms with E-state index in [1.165, 1.54) is 23.9 Å². The number of primary sulfonamides is 1. The molecule has 1 atom stereocenters. The van der Waals surface area contributed by atoms with Gasteiger partial charge in [0.15, 0.2) is 10.9 Å². The number of imidazole rings is 1. The van der Waals surface area contributed by atoms with Crippen LogP contribution in [-0.4, -0.2) is 36.1 Å². The molecule has 3 rings (SSSR count). The number of hydrogen-bond acceptors (Lipinski definition) is 6. The lowest BCUT2D eigenvalue weighted by atomic mass is 10.1. The summed E-state index contributed by atoms with van der Waals surface area (Å²) in [4.78, 5) is 17.4. The van der Waals surface area contributed by atoms with Gasteiger partial charge in [-0.05, 0) is 55.8 Å². The fourth-order valence-electron chi connectivity index (χ4n) is 3.00. The van der Waals surface area contributed by atoms with E-state index in [1.807, 2.05) is 18.4 Å². The first-order chi connectivity index (χ1) is 13.7. The molecule has 1 heterocycles. The number of rotatable bonds is 8. The number of aryl methyl sites for hydroxylation is 1. The second-order valence-corrected chi connectivity index (χ2v) is 9.46. The number of carbonyl (C=O) groups is 1. The molecule has 0 aliphatic heterocycles. The summed E-state index contributed by atoms with van der Waals surface area (Å²) in [7, 11) is -2.23. The monoisotopic (exact) mass is 433 g/mol. The predicted octanol–water partition coefficient (Wildman–Crippen LogP) is 3.47. The second-order valence-electron chi connectivity index (χ2n) is 6.59. The highest BCUT2D eigenvalue weighted by Gasteiger charge is 2.21. The van der Waals surface area contributed by atoms with Crippen LogP contribution < -0.4 is 9.88 Å². The van der Waals surface area contributed by atoms with Gasteiger partial charge in [-0.3, -0.25) is 4.79 Å². The molecule has 29 heavy (non-hydrogen) atoms. The molecule has 0 saturated heterocycles.